The minimum absolute atomic E-state index is 0.159. The molecule has 3 heterocycles. The zero-order chi connectivity index (χ0) is 21.1. The largest absolute Gasteiger partial charge is 0.494 e. The molecule has 0 fully saturated rings. The molecule has 4 aromatic rings. The smallest absolute Gasteiger partial charge is 0.232 e. The average molecular weight is 441 g/mol. The highest BCUT2D eigenvalue weighted by molar-refractivity contribution is 7.22. The summed E-state index contributed by atoms with van der Waals surface area (Å²) < 4.78 is 6.47. The summed E-state index contributed by atoms with van der Waals surface area (Å²) in [7, 11) is 0. The van der Waals surface area contributed by atoms with Gasteiger partial charge in [0.15, 0.2) is 10.3 Å². The summed E-state index contributed by atoms with van der Waals surface area (Å²) >= 11 is 2.82. The van der Waals surface area contributed by atoms with Gasteiger partial charge in [-0.15, -0.1) is 11.3 Å². The van der Waals surface area contributed by atoms with E-state index < -0.39 is 0 Å². The van der Waals surface area contributed by atoms with Crippen molar-refractivity contribution in [2.75, 3.05) is 17.2 Å². The summed E-state index contributed by atoms with van der Waals surface area (Å²) in [4.78, 5) is 30.0. The molecule has 2 N–H and O–H groups in total. The minimum atomic E-state index is -0.168. The first kappa shape index (κ1) is 20.2. The number of amides is 1. The first-order valence-corrected chi connectivity index (χ1v) is 11.0. The first-order valence-electron chi connectivity index (χ1n) is 9.35. The van der Waals surface area contributed by atoms with Crippen molar-refractivity contribution < 1.29 is 9.53 Å². The number of nitrogens with one attached hydrogen (secondary N) is 2. The lowest BCUT2D eigenvalue weighted by Crippen LogP contribution is -2.14. The van der Waals surface area contributed by atoms with Crippen LogP contribution in [0.15, 0.2) is 29.6 Å². The molecular weight excluding hydrogens is 420 g/mol. The van der Waals surface area contributed by atoms with Crippen molar-refractivity contribution in [3.05, 3.63) is 46.7 Å². The van der Waals surface area contributed by atoms with Crippen LogP contribution in [0.1, 0.15) is 24.0 Å². The Morgan fingerprint density at radius 1 is 1.07 bits per heavy atom. The van der Waals surface area contributed by atoms with E-state index in [-0.39, 0.29) is 12.3 Å². The van der Waals surface area contributed by atoms with Crippen LogP contribution < -0.4 is 15.4 Å². The van der Waals surface area contributed by atoms with E-state index in [2.05, 4.69) is 30.6 Å². The Morgan fingerprint density at radius 2 is 1.87 bits per heavy atom. The Balaban J connectivity index is 1.39. The number of hydrogen-bond acceptors (Lipinski definition) is 9. The van der Waals surface area contributed by atoms with Crippen LogP contribution in [0.5, 0.6) is 5.75 Å². The molecule has 1 aromatic carbocycles. The number of nitrogens with zero attached hydrogens (tertiary/aromatic N) is 4. The second-order valence-electron chi connectivity index (χ2n) is 6.55. The molecule has 0 atom stereocenters. The van der Waals surface area contributed by atoms with Gasteiger partial charge in [0.2, 0.25) is 11.9 Å². The van der Waals surface area contributed by atoms with Crippen LogP contribution >= 0.6 is 22.7 Å². The van der Waals surface area contributed by atoms with Gasteiger partial charge in [0.1, 0.15) is 5.75 Å². The number of anilines is 3. The molecule has 10 heteroatoms. The van der Waals surface area contributed by atoms with Crippen molar-refractivity contribution >= 4 is 55.0 Å². The van der Waals surface area contributed by atoms with Crippen molar-refractivity contribution in [1.29, 1.82) is 0 Å². The van der Waals surface area contributed by atoms with Gasteiger partial charge in [-0.3, -0.25) is 4.79 Å². The molecule has 154 valence electrons. The molecule has 1 amide bonds. The van der Waals surface area contributed by atoms with Crippen molar-refractivity contribution in [3.63, 3.8) is 0 Å². The number of hydrogen-bond donors (Lipinski definition) is 2. The summed E-state index contributed by atoms with van der Waals surface area (Å²) in [5.74, 6) is 1.12. The quantitative estimate of drug-likeness (QED) is 0.437. The van der Waals surface area contributed by atoms with Gasteiger partial charge in [-0.2, -0.15) is 0 Å². The molecule has 0 bridgehead atoms. The average Bonchev–Trinajstić information content (AvgIpc) is 3.26. The molecule has 0 aliphatic heterocycles. The van der Waals surface area contributed by atoms with Crippen LogP contribution in [-0.4, -0.2) is 32.4 Å². The molecule has 0 aliphatic rings. The normalized spacial score (nSPS) is 10.9. The molecule has 0 radical (unpaired) electrons. The first-order chi connectivity index (χ1) is 14.5. The third-order valence-electron chi connectivity index (χ3n) is 4.01. The van der Waals surface area contributed by atoms with Crippen LogP contribution in [-0.2, 0) is 11.2 Å². The monoisotopic (exact) mass is 440 g/mol. The molecule has 0 spiro atoms. The van der Waals surface area contributed by atoms with E-state index >= 15 is 0 Å². The molecular formula is C20H20N6O2S2. The highest BCUT2D eigenvalue weighted by Crippen LogP contribution is 2.29. The van der Waals surface area contributed by atoms with Crippen LogP contribution in [0.2, 0.25) is 0 Å². The lowest BCUT2D eigenvalue weighted by Gasteiger charge is -2.03. The fourth-order valence-corrected chi connectivity index (χ4v) is 4.48. The highest BCUT2D eigenvalue weighted by Gasteiger charge is 2.12. The number of fused-ring (bicyclic) bond motifs is 1. The van der Waals surface area contributed by atoms with E-state index in [0.29, 0.717) is 28.5 Å². The van der Waals surface area contributed by atoms with Crippen molar-refractivity contribution in [3.8, 4) is 5.75 Å². The molecule has 0 unspecified atom stereocenters. The minimum Gasteiger partial charge on any atom is -0.494 e. The fraction of sp³-hybridized carbons (Fsp3) is 0.250. The second kappa shape index (κ2) is 8.72. The highest BCUT2D eigenvalue weighted by atomic mass is 32.1. The van der Waals surface area contributed by atoms with Gasteiger partial charge in [-0.1, -0.05) is 11.3 Å². The lowest BCUT2D eigenvalue weighted by molar-refractivity contribution is -0.115. The van der Waals surface area contributed by atoms with Crippen molar-refractivity contribution in [2.24, 2.45) is 0 Å². The lowest BCUT2D eigenvalue weighted by atomic mass is 10.3. The Labute approximate surface area is 181 Å². The zero-order valence-corrected chi connectivity index (χ0v) is 18.4. The predicted octanol–water partition coefficient (Wildman–Crippen LogP) is 4.48. The maximum Gasteiger partial charge on any atom is 0.232 e. The molecule has 4 rings (SSSR count). The van der Waals surface area contributed by atoms with Crippen LogP contribution in [0.4, 0.5) is 16.2 Å². The van der Waals surface area contributed by atoms with E-state index in [9.17, 15) is 4.79 Å². The summed E-state index contributed by atoms with van der Waals surface area (Å²) in [5.41, 5.74) is 3.26. The van der Waals surface area contributed by atoms with Gasteiger partial charge in [0, 0.05) is 16.8 Å². The van der Waals surface area contributed by atoms with Crippen molar-refractivity contribution in [1.82, 2.24) is 19.9 Å². The van der Waals surface area contributed by atoms with Crippen LogP contribution in [0.25, 0.3) is 10.2 Å². The molecule has 0 aliphatic carbocycles. The number of thiazole rings is 2. The summed E-state index contributed by atoms with van der Waals surface area (Å²) in [6.45, 7) is 6.37. The maximum atomic E-state index is 12.4. The van der Waals surface area contributed by atoms with Gasteiger partial charge in [-0.25, -0.2) is 19.9 Å². The third kappa shape index (κ3) is 4.89. The molecule has 0 saturated carbocycles. The van der Waals surface area contributed by atoms with E-state index in [4.69, 9.17) is 4.74 Å². The van der Waals surface area contributed by atoms with E-state index in [1.807, 2.05) is 50.4 Å². The van der Waals surface area contributed by atoms with Crippen LogP contribution in [0, 0.1) is 13.8 Å². The van der Waals surface area contributed by atoms with E-state index in [1.54, 1.807) is 0 Å². The number of rotatable bonds is 7. The SMILES string of the molecule is CCOc1ccc2nc(NC(=O)Cc3csc(Nc4nc(C)cc(C)n4)n3)sc2c1. The van der Waals surface area contributed by atoms with E-state index in [1.165, 1.54) is 22.7 Å². The summed E-state index contributed by atoms with van der Waals surface area (Å²) in [6.07, 6.45) is 0.159. The van der Waals surface area contributed by atoms with Gasteiger partial charge in [0.25, 0.3) is 0 Å². The molecule has 30 heavy (non-hydrogen) atoms. The summed E-state index contributed by atoms with van der Waals surface area (Å²) in [6, 6.07) is 7.60. The molecule has 0 saturated heterocycles. The predicted molar refractivity (Wildman–Crippen MR) is 120 cm³/mol. The van der Waals surface area contributed by atoms with E-state index in [0.717, 1.165) is 27.4 Å². The van der Waals surface area contributed by atoms with Gasteiger partial charge >= 0.3 is 0 Å². The Morgan fingerprint density at radius 3 is 2.63 bits per heavy atom. The van der Waals surface area contributed by atoms with Gasteiger partial charge < -0.3 is 15.4 Å². The zero-order valence-electron chi connectivity index (χ0n) is 16.7. The third-order valence-corrected chi connectivity index (χ3v) is 5.75. The van der Waals surface area contributed by atoms with Crippen molar-refractivity contribution in [2.45, 2.75) is 27.2 Å². The number of aromatic nitrogens is 4. The summed E-state index contributed by atoms with van der Waals surface area (Å²) in [5, 5.41) is 8.99. The Bertz CT molecular complexity index is 1180. The second-order valence-corrected chi connectivity index (χ2v) is 8.44. The van der Waals surface area contributed by atoms with Gasteiger partial charge in [-0.05, 0) is 45.0 Å². The standard InChI is InChI=1S/C20H20N6O2S2/c1-4-28-14-5-6-15-16(9-14)30-20(24-15)25-17(27)8-13-10-29-19(23-13)26-18-21-11(2)7-12(3)22-18/h5-7,9-10H,4,8H2,1-3H3,(H,24,25,27)(H,21,22,23,26). The topological polar surface area (TPSA) is 102 Å². The number of ether oxygens (including phenoxy) is 1. The Kier molecular flexibility index (Phi) is 5.86. The molecule has 3 aromatic heterocycles. The number of carbonyl (C=O) groups excluding carboxylic acids is 1. The number of benzene rings is 1. The van der Waals surface area contributed by atoms with Gasteiger partial charge in [0.05, 0.1) is 28.9 Å². The fourth-order valence-electron chi connectivity index (χ4n) is 2.87. The maximum absolute atomic E-state index is 12.4. The number of aryl methyl sites for hydroxylation is 2. The number of carbonyl (C=O) groups is 1. The van der Waals surface area contributed by atoms with Crippen LogP contribution in [0.3, 0.4) is 0 Å². The molecule has 8 nitrogen and oxygen atoms in total. The Hall–Kier alpha value is -3.11.